The summed E-state index contributed by atoms with van der Waals surface area (Å²) in [5, 5.41) is 0. The number of ether oxygens (including phenoxy) is 2. The Morgan fingerprint density at radius 2 is 2.00 bits per heavy atom. The summed E-state index contributed by atoms with van der Waals surface area (Å²) in [6, 6.07) is 5.09. The van der Waals surface area contributed by atoms with Gasteiger partial charge in [-0.15, -0.1) is 0 Å². The molecule has 0 heterocycles. The molecule has 1 aromatic rings. The summed E-state index contributed by atoms with van der Waals surface area (Å²) in [7, 11) is 4.97. The number of hydrogen-bond acceptors (Lipinski definition) is 4. The number of methoxy groups -OCH3 is 2. The van der Waals surface area contributed by atoms with Crippen LogP contribution in [0.1, 0.15) is 25.8 Å². The summed E-state index contributed by atoms with van der Waals surface area (Å²) in [6.07, 6.45) is 0.882. The minimum Gasteiger partial charge on any atom is -0.497 e. The Hall–Kier alpha value is -1.75. The summed E-state index contributed by atoms with van der Waals surface area (Å²) < 4.78 is 10.5. The Kier molecular flexibility index (Phi) is 6.49. The highest BCUT2D eigenvalue weighted by atomic mass is 16.5. The first kappa shape index (κ1) is 17.3. The zero-order valence-electron chi connectivity index (χ0n) is 13.6. The van der Waals surface area contributed by atoms with E-state index >= 15 is 0 Å². The van der Waals surface area contributed by atoms with E-state index in [1.54, 1.807) is 26.2 Å². The average Bonchev–Trinajstić information content (AvgIpc) is 2.52. The molecule has 5 heteroatoms. The fourth-order valence-corrected chi connectivity index (χ4v) is 2.07. The third-order valence-corrected chi connectivity index (χ3v) is 3.82. The first-order valence-corrected chi connectivity index (χ1v) is 7.16. The summed E-state index contributed by atoms with van der Waals surface area (Å²) in [4.78, 5) is 13.9. The predicted octanol–water partition coefficient (Wildman–Crippen LogP) is 2.04. The Labute approximate surface area is 127 Å². The molecule has 2 unspecified atom stereocenters. The number of likely N-dealkylation sites (N-methyl/N-ethyl adjacent to an activating group) is 1. The topological polar surface area (TPSA) is 64.8 Å². The second-order valence-corrected chi connectivity index (χ2v) is 5.28. The van der Waals surface area contributed by atoms with Crippen LogP contribution in [0.25, 0.3) is 0 Å². The van der Waals surface area contributed by atoms with Crippen molar-refractivity contribution in [2.24, 2.45) is 11.7 Å². The van der Waals surface area contributed by atoms with Crippen molar-refractivity contribution in [1.82, 2.24) is 4.90 Å². The smallest absolute Gasteiger partial charge is 0.239 e. The lowest BCUT2D eigenvalue weighted by molar-refractivity contribution is -0.132. The molecule has 0 bridgehead atoms. The second-order valence-electron chi connectivity index (χ2n) is 5.28. The molecule has 0 aliphatic carbocycles. The molecule has 0 saturated carbocycles. The Morgan fingerprint density at radius 3 is 2.52 bits per heavy atom. The molecule has 21 heavy (non-hydrogen) atoms. The summed E-state index contributed by atoms with van der Waals surface area (Å²) in [5.74, 6) is 1.53. The minimum atomic E-state index is -0.468. The van der Waals surface area contributed by atoms with Gasteiger partial charge in [-0.05, 0) is 18.1 Å². The molecule has 0 aromatic heterocycles. The van der Waals surface area contributed by atoms with Gasteiger partial charge in [0.2, 0.25) is 5.91 Å². The molecule has 118 valence electrons. The van der Waals surface area contributed by atoms with E-state index < -0.39 is 6.04 Å². The number of rotatable bonds is 7. The fraction of sp³-hybridized carbons (Fsp3) is 0.562. The molecule has 0 aliphatic heterocycles. The number of hydrogen-bond donors (Lipinski definition) is 1. The van der Waals surface area contributed by atoms with E-state index in [9.17, 15) is 4.79 Å². The summed E-state index contributed by atoms with van der Waals surface area (Å²) in [6.45, 7) is 4.48. The van der Waals surface area contributed by atoms with Crippen LogP contribution in [0.4, 0.5) is 0 Å². The number of nitrogens with zero attached hydrogens (tertiary/aromatic N) is 1. The Balaban J connectivity index is 2.83. The van der Waals surface area contributed by atoms with Crippen molar-refractivity contribution in [2.75, 3.05) is 21.3 Å². The van der Waals surface area contributed by atoms with E-state index in [0.29, 0.717) is 12.3 Å². The van der Waals surface area contributed by atoms with Gasteiger partial charge in [0, 0.05) is 25.2 Å². The molecule has 0 aliphatic rings. The van der Waals surface area contributed by atoms with Gasteiger partial charge in [0.25, 0.3) is 0 Å². The predicted molar refractivity (Wildman–Crippen MR) is 83.5 cm³/mol. The molecule has 1 aromatic carbocycles. The highest BCUT2D eigenvalue weighted by Gasteiger charge is 2.23. The second kappa shape index (κ2) is 7.88. The maximum absolute atomic E-state index is 12.3. The maximum atomic E-state index is 12.3. The molecule has 1 amide bonds. The first-order chi connectivity index (χ1) is 9.94. The van der Waals surface area contributed by atoms with Crippen molar-refractivity contribution in [2.45, 2.75) is 32.9 Å². The van der Waals surface area contributed by atoms with Gasteiger partial charge < -0.3 is 20.1 Å². The number of carbonyl (C=O) groups is 1. The molecule has 0 fully saturated rings. The minimum absolute atomic E-state index is 0.0535. The Morgan fingerprint density at radius 1 is 1.33 bits per heavy atom. The normalized spacial score (nSPS) is 13.4. The fourth-order valence-electron chi connectivity index (χ4n) is 2.07. The van der Waals surface area contributed by atoms with Crippen molar-refractivity contribution < 1.29 is 14.3 Å². The molecule has 1 rings (SSSR count). The van der Waals surface area contributed by atoms with Gasteiger partial charge in [0.1, 0.15) is 11.5 Å². The van der Waals surface area contributed by atoms with E-state index in [0.717, 1.165) is 17.7 Å². The highest BCUT2D eigenvalue weighted by molar-refractivity contribution is 5.81. The van der Waals surface area contributed by atoms with Crippen molar-refractivity contribution in [3.05, 3.63) is 23.8 Å². The standard InChI is InChI=1S/C16H26N2O3/c1-6-11(2)15(17)16(19)18(3)10-12-7-8-13(20-4)9-14(12)21-5/h7-9,11,15H,6,10,17H2,1-5H3. The van der Waals surface area contributed by atoms with Gasteiger partial charge >= 0.3 is 0 Å². The van der Waals surface area contributed by atoms with E-state index in [-0.39, 0.29) is 11.8 Å². The summed E-state index contributed by atoms with van der Waals surface area (Å²) >= 11 is 0. The number of nitrogens with two attached hydrogens (primary N) is 1. The number of amides is 1. The number of benzene rings is 1. The molecule has 0 spiro atoms. The van der Waals surface area contributed by atoms with Crippen LogP contribution in [-0.2, 0) is 11.3 Å². The van der Waals surface area contributed by atoms with Gasteiger partial charge in [-0.3, -0.25) is 4.79 Å². The van der Waals surface area contributed by atoms with E-state index in [2.05, 4.69) is 0 Å². The monoisotopic (exact) mass is 294 g/mol. The lowest BCUT2D eigenvalue weighted by Crippen LogP contribution is -2.45. The van der Waals surface area contributed by atoms with Gasteiger partial charge in [0.05, 0.1) is 20.3 Å². The van der Waals surface area contributed by atoms with Crippen LogP contribution in [-0.4, -0.2) is 38.1 Å². The van der Waals surface area contributed by atoms with Crippen molar-refractivity contribution >= 4 is 5.91 Å². The highest BCUT2D eigenvalue weighted by Crippen LogP contribution is 2.25. The van der Waals surface area contributed by atoms with Crippen LogP contribution < -0.4 is 15.2 Å². The van der Waals surface area contributed by atoms with Crippen molar-refractivity contribution in [3.8, 4) is 11.5 Å². The van der Waals surface area contributed by atoms with Crippen LogP contribution >= 0.6 is 0 Å². The zero-order chi connectivity index (χ0) is 16.0. The first-order valence-electron chi connectivity index (χ1n) is 7.16. The largest absolute Gasteiger partial charge is 0.497 e. The van der Waals surface area contributed by atoms with Gasteiger partial charge in [-0.1, -0.05) is 20.3 Å². The molecule has 2 N–H and O–H groups in total. The molecule has 0 radical (unpaired) electrons. The van der Waals surface area contributed by atoms with Gasteiger partial charge in [0.15, 0.2) is 0 Å². The Bertz CT molecular complexity index is 477. The van der Waals surface area contributed by atoms with Gasteiger partial charge in [-0.25, -0.2) is 0 Å². The van der Waals surface area contributed by atoms with Crippen molar-refractivity contribution in [1.29, 1.82) is 0 Å². The summed E-state index contributed by atoms with van der Waals surface area (Å²) in [5.41, 5.74) is 6.92. The van der Waals surface area contributed by atoms with E-state index in [1.807, 2.05) is 32.0 Å². The molecule has 5 nitrogen and oxygen atoms in total. The van der Waals surface area contributed by atoms with E-state index in [4.69, 9.17) is 15.2 Å². The van der Waals surface area contributed by atoms with Crippen LogP contribution in [0.15, 0.2) is 18.2 Å². The molecule has 0 saturated heterocycles. The lowest BCUT2D eigenvalue weighted by Gasteiger charge is -2.25. The zero-order valence-corrected chi connectivity index (χ0v) is 13.6. The maximum Gasteiger partial charge on any atom is 0.239 e. The van der Waals surface area contributed by atoms with Crippen LogP contribution in [0, 0.1) is 5.92 Å². The average molecular weight is 294 g/mol. The molecular formula is C16H26N2O3. The lowest BCUT2D eigenvalue weighted by atomic mass is 9.99. The number of carbonyl (C=O) groups excluding carboxylic acids is 1. The van der Waals surface area contributed by atoms with E-state index in [1.165, 1.54) is 0 Å². The van der Waals surface area contributed by atoms with Crippen LogP contribution in [0.2, 0.25) is 0 Å². The molecular weight excluding hydrogens is 268 g/mol. The van der Waals surface area contributed by atoms with Crippen LogP contribution in [0.5, 0.6) is 11.5 Å². The quantitative estimate of drug-likeness (QED) is 0.836. The third-order valence-electron chi connectivity index (χ3n) is 3.82. The third kappa shape index (κ3) is 4.36. The van der Waals surface area contributed by atoms with Gasteiger partial charge in [-0.2, -0.15) is 0 Å². The van der Waals surface area contributed by atoms with Crippen molar-refractivity contribution in [3.63, 3.8) is 0 Å². The van der Waals surface area contributed by atoms with Crippen LogP contribution in [0.3, 0.4) is 0 Å². The SMILES string of the molecule is CCC(C)C(N)C(=O)N(C)Cc1ccc(OC)cc1OC. The molecule has 2 atom stereocenters.